The Hall–Kier alpha value is -0.280. The van der Waals surface area contributed by atoms with Gasteiger partial charge >= 0.3 is 0 Å². The van der Waals surface area contributed by atoms with Crippen LogP contribution in [0.2, 0.25) is 5.02 Å². The Labute approximate surface area is 90.0 Å². The first-order valence-electron chi connectivity index (χ1n) is 3.85. The molecule has 4 heteroatoms. The molecule has 1 nitrogen and oxygen atoms in total. The number of hydrogen-bond donors (Lipinski definition) is 0. The highest BCUT2D eigenvalue weighted by atomic mass is 79.9. The minimum Gasteiger partial charge on any atom is -0.494 e. The molecule has 0 saturated carbocycles. The zero-order valence-corrected chi connectivity index (χ0v) is 9.45. The van der Waals surface area contributed by atoms with Crippen LogP contribution in [0.15, 0.2) is 12.1 Å². The number of benzene rings is 1. The minimum absolute atomic E-state index is 0.340. The van der Waals surface area contributed by atoms with Gasteiger partial charge < -0.3 is 4.74 Å². The molecular weight excluding hydrogens is 258 g/mol. The molecule has 0 bridgehead atoms. The zero-order valence-electron chi connectivity index (χ0n) is 7.11. The second kappa shape index (κ2) is 4.82. The molecule has 0 radical (unpaired) electrons. The second-order valence-corrected chi connectivity index (χ2v) is 3.40. The van der Waals surface area contributed by atoms with Crippen LogP contribution in [0, 0.1) is 5.82 Å². The van der Waals surface area contributed by atoms with Crippen molar-refractivity contribution in [3.8, 4) is 5.75 Å². The van der Waals surface area contributed by atoms with Crippen LogP contribution in [0.1, 0.15) is 12.5 Å². The minimum atomic E-state index is -0.340. The maximum Gasteiger partial charge on any atom is 0.132 e. The van der Waals surface area contributed by atoms with E-state index in [2.05, 4.69) is 15.9 Å². The molecule has 1 aromatic rings. The molecule has 1 aromatic carbocycles. The first-order valence-corrected chi connectivity index (χ1v) is 5.35. The van der Waals surface area contributed by atoms with E-state index in [1.807, 2.05) is 6.92 Å². The van der Waals surface area contributed by atoms with Crippen molar-refractivity contribution in [2.75, 3.05) is 6.61 Å². The van der Waals surface area contributed by atoms with Crippen LogP contribution in [-0.4, -0.2) is 6.61 Å². The van der Waals surface area contributed by atoms with E-state index in [-0.39, 0.29) is 5.82 Å². The van der Waals surface area contributed by atoms with Crippen LogP contribution in [-0.2, 0) is 5.33 Å². The lowest BCUT2D eigenvalue weighted by molar-refractivity contribution is 0.338. The van der Waals surface area contributed by atoms with E-state index in [0.29, 0.717) is 28.3 Å². The number of alkyl halides is 1. The molecule has 13 heavy (non-hydrogen) atoms. The first-order chi connectivity index (χ1) is 6.19. The quantitative estimate of drug-likeness (QED) is 0.758. The predicted octanol–water partition coefficient (Wildman–Crippen LogP) is 3.77. The summed E-state index contributed by atoms with van der Waals surface area (Å²) < 4.78 is 18.4. The van der Waals surface area contributed by atoms with Gasteiger partial charge in [0, 0.05) is 17.0 Å². The van der Waals surface area contributed by atoms with E-state index in [9.17, 15) is 4.39 Å². The fraction of sp³-hybridized carbons (Fsp3) is 0.333. The summed E-state index contributed by atoms with van der Waals surface area (Å²) in [4.78, 5) is 0. The van der Waals surface area contributed by atoms with Crippen LogP contribution in [0.25, 0.3) is 0 Å². The lowest BCUT2D eigenvalue weighted by Crippen LogP contribution is -1.94. The molecule has 0 aliphatic rings. The molecule has 0 unspecified atom stereocenters. The van der Waals surface area contributed by atoms with Gasteiger partial charge in [0.05, 0.1) is 11.6 Å². The average Bonchev–Trinajstić information content (AvgIpc) is 2.04. The first kappa shape index (κ1) is 10.8. The fourth-order valence-corrected chi connectivity index (χ4v) is 1.95. The van der Waals surface area contributed by atoms with Crippen molar-refractivity contribution in [1.29, 1.82) is 0 Å². The third kappa shape index (κ3) is 2.58. The van der Waals surface area contributed by atoms with Crippen molar-refractivity contribution in [2.45, 2.75) is 12.3 Å². The smallest absolute Gasteiger partial charge is 0.132 e. The lowest BCUT2D eigenvalue weighted by atomic mass is 10.2. The highest BCUT2D eigenvalue weighted by Gasteiger charge is 2.08. The van der Waals surface area contributed by atoms with E-state index in [1.165, 1.54) is 6.07 Å². The van der Waals surface area contributed by atoms with Crippen molar-refractivity contribution in [2.24, 2.45) is 0 Å². The monoisotopic (exact) mass is 266 g/mol. The van der Waals surface area contributed by atoms with Gasteiger partial charge in [-0.3, -0.25) is 0 Å². The Morgan fingerprint density at radius 3 is 2.69 bits per heavy atom. The van der Waals surface area contributed by atoms with E-state index in [0.717, 1.165) is 0 Å². The van der Waals surface area contributed by atoms with Crippen LogP contribution in [0.4, 0.5) is 4.39 Å². The van der Waals surface area contributed by atoms with Crippen molar-refractivity contribution in [3.63, 3.8) is 0 Å². The van der Waals surface area contributed by atoms with Gasteiger partial charge in [-0.15, -0.1) is 0 Å². The molecule has 0 aliphatic heterocycles. The third-order valence-electron chi connectivity index (χ3n) is 1.56. The van der Waals surface area contributed by atoms with Gasteiger partial charge in [-0.2, -0.15) is 0 Å². The summed E-state index contributed by atoms with van der Waals surface area (Å²) in [7, 11) is 0. The molecule has 0 amide bonds. The molecule has 0 aromatic heterocycles. The summed E-state index contributed by atoms with van der Waals surface area (Å²) in [6.45, 7) is 2.34. The molecule has 0 fully saturated rings. The Balaban J connectivity index is 3.05. The SMILES string of the molecule is CCOc1cc(F)c(CBr)c(Cl)c1. The Kier molecular flexibility index (Phi) is 4.00. The van der Waals surface area contributed by atoms with Crippen molar-refractivity contribution in [3.05, 3.63) is 28.5 Å². The third-order valence-corrected chi connectivity index (χ3v) is 2.46. The summed E-state index contributed by atoms with van der Waals surface area (Å²) in [5.74, 6) is 0.127. The van der Waals surface area contributed by atoms with E-state index < -0.39 is 0 Å². The molecular formula is C9H9BrClFO. The van der Waals surface area contributed by atoms with Crippen molar-refractivity contribution in [1.82, 2.24) is 0 Å². The standard InChI is InChI=1S/C9H9BrClFO/c1-2-13-6-3-8(11)7(5-10)9(12)4-6/h3-4H,2,5H2,1H3. The van der Waals surface area contributed by atoms with E-state index >= 15 is 0 Å². The van der Waals surface area contributed by atoms with Crippen molar-refractivity contribution < 1.29 is 9.13 Å². The zero-order chi connectivity index (χ0) is 9.84. The molecule has 1 rings (SSSR count). The topological polar surface area (TPSA) is 9.23 Å². The van der Waals surface area contributed by atoms with Gasteiger partial charge in [-0.1, -0.05) is 27.5 Å². The Bertz CT molecular complexity index is 281. The number of ether oxygens (including phenoxy) is 1. The summed E-state index contributed by atoms with van der Waals surface area (Å²) in [6.07, 6.45) is 0. The summed E-state index contributed by atoms with van der Waals surface area (Å²) >= 11 is 8.98. The fourth-order valence-electron chi connectivity index (χ4n) is 0.957. The van der Waals surface area contributed by atoms with Crippen LogP contribution < -0.4 is 4.74 Å². The summed E-state index contributed by atoms with van der Waals surface area (Å²) in [6, 6.07) is 2.96. The highest BCUT2D eigenvalue weighted by molar-refractivity contribution is 9.08. The molecule has 0 aliphatic carbocycles. The number of rotatable bonds is 3. The number of hydrogen-bond acceptors (Lipinski definition) is 1. The average molecular weight is 268 g/mol. The normalized spacial score (nSPS) is 10.2. The summed E-state index contributed by atoms with van der Waals surface area (Å²) in [5, 5.41) is 0.796. The van der Waals surface area contributed by atoms with Gasteiger partial charge in [-0.25, -0.2) is 4.39 Å². The molecule has 72 valence electrons. The van der Waals surface area contributed by atoms with Crippen LogP contribution >= 0.6 is 27.5 Å². The second-order valence-electron chi connectivity index (χ2n) is 2.43. The van der Waals surface area contributed by atoms with E-state index in [1.54, 1.807) is 6.07 Å². The predicted molar refractivity (Wildman–Crippen MR) is 55.2 cm³/mol. The maximum atomic E-state index is 13.2. The largest absolute Gasteiger partial charge is 0.494 e. The molecule has 0 N–H and O–H groups in total. The summed E-state index contributed by atoms with van der Waals surface area (Å²) in [5.41, 5.74) is 0.463. The van der Waals surface area contributed by atoms with Gasteiger partial charge in [0.25, 0.3) is 0 Å². The van der Waals surface area contributed by atoms with Crippen LogP contribution in [0.5, 0.6) is 5.75 Å². The van der Waals surface area contributed by atoms with Crippen molar-refractivity contribution >= 4 is 27.5 Å². The van der Waals surface area contributed by atoms with Gasteiger partial charge in [0.1, 0.15) is 11.6 Å². The highest BCUT2D eigenvalue weighted by Crippen LogP contribution is 2.27. The van der Waals surface area contributed by atoms with E-state index in [4.69, 9.17) is 16.3 Å². The van der Waals surface area contributed by atoms with Crippen LogP contribution in [0.3, 0.4) is 0 Å². The molecule has 0 spiro atoms. The molecule has 0 atom stereocenters. The molecule has 0 heterocycles. The van der Waals surface area contributed by atoms with Gasteiger partial charge in [-0.05, 0) is 13.0 Å². The van der Waals surface area contributed by atoms with Gasteiger partial charge in [0.2, 0.25) is 0 Å². The number of halogens is 3. The van der Waals surface area contributed by atoms with Gasteiger partial charge in [0.15, 0.2) is 0 Å². The Morgan fingerprint density at radius 1 is 1.54 bits per heavy atom. The Morgan fingerprint density at radius 2 is 2.23 bits per heavy atom. The lowest BCUT2D eigenvalue weighted by Gasteiger charge is -2.07. The molecule has 0 saturated heterocycles. The maximum absolute atomic E-state index is 13.2.